The molecule has 20 heavy (non-hydrogen) atoms. The van der Waals surface area contributed by atoms with Crippen LogP contribution in [-0.4, -0.2) is 0 Å². The second-order valence-corrected chi connectivity index (χ2v) is 5.96. The van der Waals surface area contributed by atoms with E-state index in [2.05, 4.69) is 39.0 Å². The fourth-order valence-corrected chi connectivity index (χ4v) is 1.98. The predicted molar refractivity (Wildman–Crippen MR) is 81.1 cm³/mol. The van der Waals surface area contributed by atoms with Crippen molar-refractivity contribution >= 4 is 0 Å². The van der Waals surface area contributed by atoms with Crippen LogP contribution in [0.1, 0.15) is 37.5 Å². The lowest BCUT2D eigenvalue weighted by Gasteiger charge is -2.19. The van der Waals surface area contributed by atoms with Crippen molar-refractivity contribution in [3.05, 3.63) is 59.2 Å². The van der Waals surface area contributed by atoms with Crippen molar-refractivity contribution in [2.75, 3.05) is 0 Å². The summed E-state index contributed by atoms with van der Waals surface area (Å²) in [5.74, 6) is 1.56. The molecule has 2 rings (SSSR count). The Morgan fingerprint density at radius 2 is 1.55 bits per heavy atom. The van der Waals surface area contributed by atoms with Gasteiger partial charge in [0.15, 0.2) is 0 Å². The first-order valence-corrected chi connectivity index (χ1v) is 6.69. The van der Waals surface area contributed by atoms with Crippen molar-refractivity contribution < 1.29 is 4.74 Å². The van der Waals surface area contributed by atoms with E-state index >= 15 is 0 Å². The van der Waals surface area contributed by atoms with E-state index in [1.54, 1.807) is 6.07 Å². The van der Waals surface area contributed by atoms with E-state index in [0.29, 0.717) is 5.56 Å². The highest BCUT2D eigenvalue weighted by atomic mass is 16.5. The second kappa shape index (κ2) is 5.38. The fraction of sp³-hybridized carbons (Fsp3) is 0.278. The molecule has 0 unspecified atom stereocenters. The molecular formula is C18H19NO. The summed E-state index contributed by atoms with van der Waals surface area (Å²) in [6.45, 7) is 8.47. The molecule has 0 aliphatic carbocycles. The number of ether oxygens (including phenoxy) is 1. The Hall–Kier alpha value is -2.27. The van der Waals surface area contributed by atoms with Gasteiger partial charge in [0.25, 0.3) is 0 Å². The monoisotopic (exact) mass is 265 g/mol. The number of benzene rings is 2. The number of aryl methyl sites for hydroxylation is 1. The van der Waals surface area contributed by atoms with E-state index in [4.69, 9.17) is 10.00 Å². The van der Waals surface area contributed by atoms with Crippen molar-refractivity contribution in [1.29, 1.82) is 5.26 Å². The lowest BCUT2D eigenvalue weighted by atomic mass is 9.87. The molecule has 0 saturated heterocycles. The first-order valence-electron chi connectivity index (χ1n) is 6.69. The number of nitrogens with zero attached hydrogens (tertiary/aromatic N) is 1. The van der Waals surface area contributed by atoms with E-state index in [9.17, 15) is 0 Å². The normalized spacial score (nSPS) is 10.9. The standard InChI is InChI=1S/C18H19NO/c1-13-11-17(8-5-14(13)12-19)20-16-9-6-15(7-10-16)18(2,3)4/h5-11H,1-4H3. The van der Waals surface area contributed by atoms with Crippen LogP contribution in [0.5, 0.6) is 11.5 Å². The molecule has 0 aliphatic rings. The van der Waals surface area contributed by atoms with Crippen molar-refractivity contribution in [3.63, 3.8) is 0 Å². The summed E-state index contributed by atoms with van der Waals surface area (Å²) >= 11 is 0. The van der Waals surface area contributed by atoms with Crippen LogP contribution in [0, 0.1) is 18.3 Å². The van der Waals surface area contributed by atoms with Crippen LogP contribution < -0.4 is 4.74 Å². The van der Waals surface area contributed by atoms with Gasteiger partial charge in [-0.05, 0) is 53.8 Å². The largest absolute Gasteiger partial charge is 0.457 e. The highest BCUT2D eigenvalue weighted by molar-refractivity contribution is 5.43. The summed E-state index contributed by atoms with van der Waals surface area (Å²) in [6.07, 6.45) is 0. The molecule has 2 aromatic carbocycles. The minimum Gasteiger partial charge on any atom is -0.457 e. The van der Waals surface area contributed by atoms with Crippen molar-refractivity contribution in [1.82, 2.24) is 0 Å². The van der Waals surface area contributed by atoms with Crippen LogP contribution in [0.25, 0.3) is 0 Å². The quantitative estimate of drug-likeness (QED) is 0.769. The predicted octanol–water partition coefficient (Wildman–Crippen LogP) is 4.96. The van der Waals surface area contributed by atoms with Crippen LogP contribution in [0.15, 0.2) is 42.5 Å². The summed E-state index contributed by atoms with van der Waals surface area (Å²) in [6, 6.07) is 15.8. The Bertz CT molecular complexity index is 643. The van der Waals surface area contributed by atoms with Gasteiger partial charge in [-0.2, -0.15) is 5.26 Å². The Morgan fingerprint density at radius 3 is 2.05 bits per heavy atom. The van der Waals surface area contributed by atoms with Gasteiger partial charge in [-0.15, -0.1) is 0 Å². The second-order valence-electron chi connectivity index (χ2n) is 5.96. The van der Waals surface area contributed by atoms with Gasteiger partial charge >= 0.3 is 0 Å². The molecule has 0 amide bonds. The van der Waals surface area contributed by atoms with Crippen molar-refractivity contribution in [3.8, 4) is 17.6 Å². The van der Waals surface area contributed by atoms with E-state index in [0.717, 1.165) is 17.1 Å². The maximum absolute atomic E-state index is 8.91. The van der Waals surface area contributed by atoms with Gasteiger partial charge in [0.05, 0.1) is 11.6 Å². The molecule has 0 fully saturated rings. The van der Waals surface area contributed by atoms with Crippen LogP contribution in [-0.2, 0) is 5.41 Å². The zero-order valence-electron chi connectivity index (χ0n) is 12.4. The van der Waals surface area contributed by atoms with E-state index < -0.39 is 0 Å². The van der Waals surface area contributed by atoms with Gasteiger partial charge in [0, 0.05) is 0 Å². The van der Waals surface area contributed by atoms with Crippen molar-refractivity contribution in [2.45, 2.75) is 33.1 Å². The van der Waals surface area contributed by atoms with Gasteiger partial charge in [-0.3, -0.25) is 0 Å². The number of hydrogen-bond donors (Lipinski definition) is 0. The first kappa shape index (κ1) is 14.1. The first-order chi connectivity index (χ1) is 9.40. The Kier molecular flexibility index (Phi) is 3.81. The van der Waals surface area contributed by atoms with Crippen molar-refractivity contribution in [2.24, 2.45) is 0 Å². The molecule has 2 heteroatoms. The average Bonchev–Trinajstić information content (AvgIpc) is 2.38. The SMILES string of the molecule is Cc1cc(Oc2ccc(C(C)(C)C)cc2)ccc1C#N. The molecule has 2 nitrogen and oxygen atoms in total. The van der Waals surface area contributed by atoms with E-state index in [1.807, 2.05) is 31.2 Å². The zero-order valence-corrected chi connectivity index (χ0v) is 12.4. The molecule has 0 N–H and O–H groups in total. The van der Waals surface area contributed by atoms with Gasteiger partial charge in [-0.25, -0.2) is 0 Å². The van der Waals surface area contributed by atoms with Crippen LogP contribution >= 0.6 is 0 Å². The van der Waals surface area contributed by atoms with Crippen LogP contribution in [0.2, 0.25) is 0 Å². The highest BCUT2D eigenvalue weighted by Crippen LogP contribution is 2.27. The minimum absolute atomic E-state index is 0.142. The summed E-state index contributed by atoms with van der Waals surface area (Å²) in [5.41, 5.74) is 3.03. The van der Waals surface area contributed by atoms with Gasteiger partial charge in [0.1, 0.15) is 11.5 Å². The summed E-state index contributed by atoms with van der Waals surface area (Å²) in [5, 5.41) is 8.91. The molecule has 0 aromatic heterocycles. The Balaban J connectivity index is 2.19. The molecule has 0 atom stereocenters. The minimum atomic E-state index is 0.142. The highest BCUT2D eigenvalue weighted by Gasteiger charge is 2.13. The topological polar surface area (TPSA) is 33.0 Å². The van der Waals surface area contributed by atoms with Crippen LogP contribution in [0.4, 0.5) is 0 Å². The molecule has 0 bridgehead atoms. The summed E-state index contributed by atoms with van der Waals surface area (Å²) in [7, 11) is 0. The smallest absolute Gasteiger partial charge is 0.127 e. The van der Waals surface area contributed by atoms with Gasteiger partial charge in [-0.1, -0.05) is 32.9 Å². The lowest BCUT2D eigenvalue weighted by Crippen LogP contribution is -2.10. The van der Waals surface area contributed by atoms with Crippen LogP contribution in [0.3, 0.4) is 0 Å². The third-order valence-corrected chi connectivity index (χ3v) is 3.27. The molecule has 2 aromatic rings. The number of hydrogen-bond acceptors (Lipinski definition) is 2. The zero-order chi connectivity index (χ0) is 14.8. The molecule has 102 valence electrons. The molecule has 0 saturated carbocycles. The maximum atomic E-state index is 8.91. The van der Waals surface area contributed by atoms with E-state index in [1.165, 1.54) is 5.56 Å². The summed E-state index contributed by atoms with van der Waals surface area (Å²) < 4.78 is 5.82. The molecule has 0 aliphatic heterocycles. The molecule has 0 spiro atoms. The summed E-state index contributed by atoms with van der Waals surface area (Å²) in [4.78, 5) is 0. The van der Waals surface area contributed by atoms with Gasteiger partial charge < -0.3 is 4.74 Å². The lowest BCUT2D eigenvalue weighted by molar-refractivity contribution is 0.481. The number of rotatable bonds is 2. The third-order valence-electron chi connectivity index (χ3n) is 3.27. The molecule has 0 heterocycles. The Morgan fingerprint density at radius 1 is 0.950 bits per heavy atom. The fourth-order valence-electron chi connectivity index (χ4n) is 1.98. The Labute approximate surface area is 120 Å². The maximum Gasteiger partial charge on any atom is 0.127 e. The average molecular weight is 265 g/mol. The third kappa shape index (κ3) is 3.19. The molecular weight excluding hydrogens is 246 g/mol. The number of nitriles is 1. The molecule has 0 radical (unpaired) electrons. The van der Waals surface area contributed by atoms with Gasteiger partial charge in [0.2, 0.25) is 0 Å². The van der Waals surface area contributed by atoms with E-state index in [-0.39, 0.29) is 5.41 Å².